The number of nitrogens with one attached hydrogen (secondary N) is 5. The van der Waals surface area contributed by atoms with E-state index in [2.05, 4.69) is 91.6 Å². The van der Waals surface area contributed by atoms with Gasteiger partial charge in [0, 0.05) is 43.9 Å². The maximum absolute atomic E-state index is 12.6. The van der Waals surface area contributed by atoms with Crippen molar-refractivity contribution in [1.29, 1.82) is 0 Å². The van der Waals surface area contributed by atoms with Crippen molar-refractivity contribution in [1.82, 2.24) is 15.1 Å². The summed E-state index contributed by atoms with van der Waals surface area (Å²) in [6, 6.07) is 19.7. The monoisotopic (exact) mass is 1090 g/mol. The molecule has 2 unspecified atom stereocenters. The lowest BCUT2D eigenvalue weighted by molar-refractivity contribution is -0.938. The molecule has 390 valence electrons. The van der Waals surface area contributed by atoms with Gasteiger partial charge in [0.15, 0.2) is 0 Å². The molecule has 1 amide bonds. The molecule has 8 N–H and O–H groups in total. The number of para-hydroxylation sites is 4. The minimum atomic E-state index is -0.802. The topological polar surface area (TPSA) is 181 Å². The number of amides is 1. The summed E-state index contributed by atoms with van der Waals surface area (Å²) in [6.45, 7) is 21.7. The Balaban J connectivity index is 0.000000666. The van der Waals surface area contributed by atoms with E-state index in [0.29, 0.717) is 13.2 Å². The predicted octanol–water partition coefficient (Wildman–Crippen LogP) is -3.36. The van der Waals surface area contributed by atoms with Crippen LogP contribution < -0.4 is 69.1 Å². The Hall–Kier alpha value is -4.37. The molecule has 2 aromatic carbocycles. The highest BCUT2D eigenvalue weighted by Crippen LogP contribution is 2.40. The van der Waals surface area contributed by atoms with Crippen LogP contribution >= 0.6 is 35.1 Å². The molecule has 70 heavy (non-hydrogen) atoms. The van der Waals surface area contributed by atoms with Crippen molar-refractivity contribution in [3.05, 3.63) is 81.5 Å². The average Bonchev–Trinajstić information content (AvgIpc) is 3.72. The molecule has 2 fully saturated rings. The van der Waals surface area contributed by atoms with Crippen molar-refractivity contribution >= 4 is 97.5 Å². The number of carbonyl (C=O) groups is 3. The maximum atomic E-state index is 12.6. The molecule has 0 bridgehead atoms. The van der Waals surface area contributed by atoms with Gasteiger partial charge in [0.1, 0.15) is 65.9 Å². The smallest absolute Gasteiger partial charge is 0.408 e. The standard InChI is InChI=1S/C26H35N5O4S.C21H27N5O2S.CH4.4ClH.H2/c1-6-34-24(32)21(29-25(33)35-26(3,4)5)16-30-11-13-31(14-12-30)22-18-15-17(2)36-23(18)28-20-10-8-7-9-19(20)27-22;1-3-28-21(27)16(22)13-25-8-10-26(11-9-25)19-15-12-14(2)29-20(15)24-18-7-5-4-6-17(18)23-19;;;;;;/h7-10,15,21,28H,6,11-14,16H2,1-5H3,(H,29,33);4-7,12,16H,3,8-11,13,22H2,1-2H3,(H,23,24);1H4;5*1H. The lowest BCUT2D eigenvalue weighted by Crippen LogP contribution is -3.17. The van der Waals surface area contributed by atoms with E-state index in [1.54, 1.807) is 50.4 Å². The maximum Gasteiger partial charge on any atom is 0.408 e. The van der Waals surface area contributed by atoms with Crippen LogP contribution in [0, 0.1) is 13.8 Å². The van der Waals surface area contributed by atoms with Gasteiger partial charge in [-0.3, -0.25) is 4.90 Å². The predicted molar refractivity (Wildman–Crippen MR) is 274 cm³/mol. The number of thiophene rings is 2. The molecule has 4 aliphatic rings. The van der Waals surface area contributed by atoms with Crippen molar-refractivity contribution in [2.45, 2.75) is 73.6 Å². The number of rotatable bonds is 9. The molecule has 8 rings (SSSR count). The molecule has 6 heterocycles. The van der Waals surface area contributed by atoms with Gasteiger partial charge in [-0.25, -0.2) is 29.3 Å². The van der Waals surface area contributed by atoms with E-state index in [9.17, 15) is 14.4 Å². The van der Waals surface area contributed by atoms with Gasteiger partial charge in [-0.05, 0) is 84.9 Å². The summed E-state index contributed by atoms with van der Waals surface area (Å²) in [4.78, 5) is 50.2. The fraction of sp³-hybridized carbons (Fsp3) is 0.479. The Bertz CT molecular complexity index is 2420. The summed E-state index contributed by atoms with van der Waals surface area (Å²) in [5, 5.41) is 15.8. The Morgan fingerprint density at radius 3 is 1.96 bits per heavy atom. The van der Waals surface area contributed by atoms with Gasteiger partial charge >= 0.3 is 18.0 Å². The number of quaternary nitrogens is 2. The molecule has 0 radical (unpaired) electrons. The number of aryl methyl sites for hydroxylation is 2. The van der Waals surface area contributed by atoms with Gasteiger partial charge in [-0.15, -0.1) is 35.1 Å². The van der Waals surface area contributed by atoms with Gasteiger partial charge in [-0.2, -0.15) is 0 Å². The Labute approximate surface area is 447 Å². The number of benzene rings is 2. The van der Waals surface area contributed by atoms with E-state index in [4.69, 9.17) is 19.2 Å². The SMILES string of the molecule is C.CCOC(=O)C(CN1CCN(C2=Nc3ccccc3Nc3sc(C)cc32)CC1)NC(=O)OC(C)(C)C.CCOC(=O)C([NH3+])C[NH+]1CC[N+](=C2Nc3ccccc3Nc3sc(C)cc32)CC1.Cl.[Cl-].[Cl-].[Cl-].[HH]. The molecule has 4 aromatic rings. The Morgan fingerprint density at radius 2 is 1.36 bits per heavy atom. The molecule has 2 saturated heterocycles. The third kappa shape index (κ3) is 16.1. The first-order valence-electron chi connectivity index (χ1n) is 22.6. The molecule has 4 aliphatic heterocycles. The van der Waals surface area contributed by atoms with Gasteiger partial charge in [0.25, 0.3) is 5.84 Å². The molecule has 0 saturated carbocycles. The zero-order valence-corrected chi connectivity index (χ0v) is 44.9. The second-order valence-electron chi connectivity index (χ2n) is 17.6. The minimum absolute atomic E-state index is 0. The number of hydrogen-bond donors (Lipinski definition) is 6. The first kappa shape index (κ1) is 61.7. The summed E-state index contributed by atoms with van der Waals surface area (Å²) in [5.74, 6) is 1.47. The number of piperazine rings is 2. The van der Waals surface area contributed by atoms with Crippen LogP contribution in [-0.4, -0.2) is 140 Å². The van der Waals surface area contributed by atoms with E-state index in [1.165, 1.54) is 25.2 Å². The quantitative estimate of drug-likeness (QED) is 0.0561. The summed E-state index contributed by atoms with van der Waals surface area (Å²) in [7, 11) is 0. The second kappa shape index (κ2) is 28.0. The number of anilines is 5. The van der Waals surface area contributed by atoms with Gasteiger partial charge in [0.05, 0.1) is 41.4 Å². The number of esters is 2. The van der Waals surface area contributed by atoms with Crippen LogP contribution in [0.3, 0.4) is 0 Å². The summed E-state index contributed by atoms with van der Waals surface area (Å²) in [6.07, 6.45) is -0.626. The van der Waals surface area contributed by atoms with Crippen LogP contribution in [0.1, 0.15) is 64.4 Å². The first-order chi connectivity index (χ1) is 31.2. The van der Waals surface area contributed by atoms with Crippen LogP contribution in [0.2, 0.25) is 0 Å². The number of halogens is 4. The summed E-state index contributed by atoms with van der Waals surface area (Å²) < 4.78 is 18.1. The molecule has 0 aliphatic carbocycles. The molecular weight excluding hydrogens is 1020 g/mol. The first-order valence-corrected chi connectivity index (χ1v) is 24.2. The molecule has 2 atom stereocenters. The van der Waals surface area contributed by atoms with Crippen LogP contribution in [0.5, 0.6) is 0 Å². The van der Waals surface area contributed by atoms with E-state index < -0.39 is 23.7 Å². The number of hydrogen-bond acceptors (Lipinski definition) is 13. The number of alkyl carbamates (subject to hydrolysis) is 1. The molecule has 0 spiro atoms. The van der Waals surface area contributed by atoms with Crippen molar-refractivity contribution < 1.29 is 82.5 Å². The Kier molecular flexibility index (Phi) is 24.7. The molecule has 2 aromatic heterocycles. The van der Waals surface area contributed by atoms with Crippen LogP contribution in [0.4, 0.5) is 37.5 Å². The van der Waals surface area contributed by atoms with Gasteiger partial charge in [-0.1, -0.05) is 31.7 Å². The Morgan fingerprint density at radius 1 is 0.829 bits per heavy atom. The normalized spacial score (nSPS) is 16.5. The summed E-state index contributed by atoms with van der Waals surface area (Å²) >= 11 is 3.52. The summed E-state index contributed by atoms with van der Waals surface area (Å²) in [5.41, 5.74) is 9.80. The number of ether oxygens (including phenoxy) is 3. The molecular formula is C48H72Cl4N10O6S2. The van der Waals surface area contributed by atoms with Crippen LogP contribution in [-0.2, 0) is 23.8 Å². The third-order valence-corrected chi connectivity index (χ3v) is 13.3. The van der Waals surface area contributed by atoms with Gasteiger partial charge < -0.3 is 82.9 Å². The second-order valence-corrected chi connectivity index (χ2v) is 20.1. The highest BCUT2D eigenvalue weighted by molar-refractivity contribution is 7.17. The number of amidine groups is 2. The highest BCUT2D eigenvalue weighted by Gasteiger charge is 2.34. The molecule has 22 heteroatoms. The minimum Gasteiger partial charge on any atom is -1.00 e. The fourth-order valence-corrected chi connectivity index (χ4v) is 10.1. The van der Waals surface area contributed by atoms with Crippen molar-refractivity contribution in [2.24, 2.45) is 4.99 Å². The lowest BCUT2D eigenvalue weighted by Gasteiger charge is -2.37. The van der Waals surface area contributed by atoms with Gasteiger partial charge in [0.2, 0.25) is 6.04 Å². The highest BCUT2D eigenvalue weighted by atomic mass is 35.5. The number of nitrogens with zero attached hydrogens (tertiary/aromatic N) is 4. The van der Waals surface area contributed by atoms with Crippen molar-refractivity contribution in [3.8, 4) is 0 Å². The lowest BCUT2D eigenvalue weighted by atomic mass is 10.2. The zero-order chi connectivity index (χ0) is 46.3. The number of aliphatic imine (C=N–C) groups is 1. The fourth-order valence-electron chi connectivity index (χ4n) is 8.25. The number of fused-ring (bicyclic) bond motifs is 4. The molecule has 16 nitrogen and oxygen atoms in total. The van der Waals surface area contributed by atoms with Crippen LogP contribution in [0.15, 0.2) is 65.7 Å². The van der Waals surface area contributed by atoms with Crippen LogP contribution in [0.25, 0.3) is 0 Å². The average molecular weight is 1090 g/mol. The van der Waals surface area contributed by atoms with E-state index in [-0.39, 0.29) is 77.1 Å². The van der Waals surface area contributed by atoms with Crippen molar-refractivity contribution in [2.75, 3.05) is 94.6 Å². The number of carbonyl (C=O) groups excluding carboxylic acids is 3. The van der Waals surface area contributed by atoms with E-state index in [0.717, 1.165) is 104 Å². The van der Waals surface area contributed by atoms with Crippen molar-refractivity contribution in [3.63, 3.8) is 0 Å². The third-order valence-electron chi connectivity index (χ3n) is 11.3. The van der Waals surface area contributed by atoms with E-state index >= 15 is 0 Å². The van der Waals surface area contributed by atoms with E-state index in [1.807, 2.05) is 31.2 Å². The largest absolute Gasteiger partial charge is 1.00 e. The zero-order valence-electron chi connectivity index (χ0n) is 40.2.